The summed E-state index contributed by atoms with van der Waals surface area (Å²) in [5, 5.41) is 21.8. The summed E-state index contributed by atoms with van der Waals surface area (Å²) in [4.78, 5) is 9.40. The first kappa shape index (κ1) is 23.3. The molecule has 4 fully saturated rings. The minimum Gasteiger partial charge on any atom is -0.388 e. The molecule has 4 aliphatic heterocycles. The van der Waals surface area contributed by atoms with Crippen LogP contribution in [0.15, 0.2) is 42.5 Å². The average molecular weight is 462 g/mol. The minimum absolute atomic E-state index is 0.0658. The molecule has 180 valence electrons. The topological polar surface area (TPSA) is 69.1 Å². The van der Waals surface area contributed by atoms with Gasteiger partial charge in [-0.2, -0.15) is 0 Å². The van der Waals surface area contributed by atoms with E-state index >= 15 is 0 Å². The summed E-state index contributed by atoms with van der Waals surface area (Å²) < 4.78 is 5.89. The van der Waals surface area contributed by atoms with Crippen molar-refractivity contribution in [2.24, 2.45) is 5.92 Å². The Labute approximate surface area is 202 Å². The Hall–Kier alpha value is -2.43. The predicted octanol–water partition coefficient (Wildman–Crippen LogP) is 2.46. The van der Waals surface area contributed by atoms with Gasteiger partial charge in [-0.15, -0.1) is 0 Å². The van der Waals surface area contributed by atoms with Crippen molar-refractivity contribution in [1.29, 1.82) is 0 Å². The van der Waals surface area contributed by atoms with Crippen molar-refractivity contribution in [2.75, 3.05) is 37.6 Å². The third-order valence-electron chi connectivity index (χ3n) is 7.32. The van der Waals surface area contributed by atoms with Gasteiger partial charge in [-0.1, -0.05) is 42.2 Å². The molecule has 4 saturated heterocycles. The summed E-state index contributed by atoms with van der Waals surface area (Å²) in [6.45, 7) is 7.84. The van der Waals surface area contributed by atoms with E-state index in [4.69, 9.17) is 9.72 Å². The van der Waals surface area contributed by atoms with E-state index in [-0.39, 0.29) is 18.1 Å². The van der Waals surface area contributed by atoms with Gasteiger partial charge in [0.1, 0.15) is 17.5 Å². The van der Waals surface area contributed by atoms with E-state index in [2.05, 4.69) is 33.8 Å². The van der Waals surface area contributed by atoms with Crippen LogP contribution in [-0.4, -0.2) is 76.7 Å². The number of pyridine rings is 1. The van der Waals surface area contributed by atoms with Gasteiger partial charge >= 0.3 is 0 Å². The summed E-state index contributed by atoms with van der Waals surface area (Å²) in [6, 6.07) is 14.3. The van der Waals surface area contributed by atoms with Crippen LogP contribution in [-0.2, 0) is 11.2 Å². The van der Waals surface area contributed by atoms with Gasteiger partial charge in [0, 0.05) is 37.5 Å². The lowest BCUT2D eigenvalue weighted by molar-refractivity contribution is -0.0713. The number of aliphatic hydroxyl groups excluding tert-OH is 1. The van der Waals surface area contributed by atoms with Crippen LogP contribution >= 0.6 is 0 Å². The molecule has 6 nitrogen and oxygen atoms in total. The molecule has 2 N–H and O–H groups in total. The van der Waals surface area contributed by atoms with Crippen molar-refractivity contribution in [3.8, 4) is 11.8 Å². The van der Waals surface area contributed by atoms with Gasteiger partial charge in [-0.25, -0.2) is 4.98 Å². The highest BCUT2D eigenvalue weighted by Crippen LogP contribution is 2.35. The summed E-state index contributed by atoms with van der Waals surface area (Å²) in [5.41, 5.74) is 1.97. The molecule has 34 heavy (non-hydrogen) atoms. The molecule has 3 atom stereocenters. The summed E-state index contributed by atoms with van der Waals surface area (Å²) in [7, 11) is 0. The largest absolute Gasteiger partial charge is 0.388 e. The van der Waals surface area contributed by atoms with Crippen LogP contribution in [0.25, 0.3) is 0 Å². The lowest BCUT2D eigenvalue weighted by Gasteiger charge is -2.47. The van der Waals surface area contributed by atoms with Crippen LogP contribution in [0.2, 0.25) is 0 Å². The number of hydrogen-bond acceptors (Lipinski definition) is 6. The summed E-state index contributed by atoms with van der Waals surface area (Å²) in [5.74, 6) is 7.63. The SMILES string of the molecule is CC(C)OC1CN(c2ccc(C#C[C@@]3(O)CN4CCC3CC4)c(Cc3ccccc3)n2)CC1O. The number of fused-ring (bicyclic) bond motifs is 3. The Morgan fingerprint density at radius 2 is 1.88 bits per heavy atom. The molecular weight excluding hydrogens is 426 g/mol. The molecule has 5 heterocycles. The quantitative estimate of drug-likeness (QED) is 0.667. The van der Waals surface area contributed by atoms with E-state index in [0.717, 1.165) is 43.0 Å². The number of piperidine rings is 3. The second kappa shape index (κ2) is 9.67. The second-order valence-corrected chi connectivity index (χ2v) is 10.2. The Balaban J connectivity index is 1.43. The van der Waals surface area contributed by atoms with Crippen molar-refractivity contribution in [1.82, 2.24) is 9.88 Å². The summed E-state index contributed by atoms with van der Waals surface area (Å²) >= 11 is 0. The maximum Gasteiger partial charge on any atom is 0.141 e. The van der Waals surface area contributed by atoms with Crippen LogP contribution in [0.3, 0.4) is 0 Å². The highest BCUT2D eigenvalue weighted by molar-refractivity contribution is 5.50. The fraction of sp³-hybridized carbons (Fsp3) is 0.536. The maximum absolute atomic E-state index is 11.3. The number of hydrogen-bond donors (Lipinski definition) is 2. The third kappa shape index (κ3) is 4.99. The molecule has 0 radical (unpaired) electrons. The van der Waals surface area contributed by atoms with Crippen LogP contribution in [0.5, 0.6) is 0 Å². The third-order valence-corrected chi connectivity index (χ3v) is 7.32. The number of anilines is 1. The number of rotatable bonds is 5. The molecule has 2 aromatic rings. The highest BCUT2D eigenvalue weighted by Gasteiger charge is 2.44. The van der Waals surface area contributed by atoms with E-state index in [1.807, 2.05) is 44.2 Å². The first-order valence-electron chi connectivity index (χ1n) is 12.5. The molecule has 0 aliphatic carbocycles. The number of aliphatic hydroxyl groups is 2. The molecule has 4 aliphatic rings. The van der Waals surface area contributed by atoms with E-state index in [1.54, 1.807) is 0 Å². The molecule has 6 heteroatoms. The molecule has 2 unspecified atom stereocenters. The van der Waals surface area contributed by atoms with Crippen LogP contribution in [0.1, 0.15) is 43.5 Å². The van der Waals surface area contributed by atoms with Crippen LogP contribution < -0.4 is 4.90 Å². The Kier molecular flexibility index (Phi) is 6.63. The molecule has 1 aromatic heterocycles. The van der Waals surface area contributed by atoms with Crippen molar-refractivity contribution < 1.29 is 14.9 Å². The number of β-amino-alcohol motifs (C(OH)–C–C–N with tert-alkyl or cyclic N) is 1. The molecule has 2 bridgehead atoms. The van der Waals surface area contributed by atoms with Gasteiger partial charge in [0.2, 0.25) is 0 Å². The smallest absolute Gasteiger partial charge is 0.141 e. The Morgan fingerprint density at radius 1 is 1.12 bits per heavy atom. The Morgan fingerprint density at radius 3 is 2.56 bits per heavy atom. The average Bonchev–Trinajstić information content (AvgIpc) is 3.19. The predicted molar refractivity (Wildman–Crippen MR) is 133 cm³/mol. The fourth-order valence-electron chi connectivity index (χ4n) is 5.49. The minimum atomic E-state index is -0.945. The first-order chi connectivity index (χ1) is 16.4. The standard InChI is InChI=1S/C28H35N3O3/c1-20(2)34-26-18-31(17-25(26)32)27-9-8-22(24(29-27)16-21-6-4-3-5-7-21)10-13-28(33)19-30-14-11-23(28)12-15-30/h3-9,20,23,25-26,32-33H,11-12,14-19H2,1-2H3/t25?,26?,28-/m1/s1. The monoisotopic (exact) mass is 461 g/mol. The molecule has 1 aromatic carbocycles. The molecular formula is C28H35N3O3. The lowest BCUT2D eigenvalue weighted by atomic mass is 9.75. The van der Waals surface area contributed by atoms with Gasteiger partial charge < -0.3 is 19.8 Å². The number of ether oxygens (including phenoxy) is 1. The molecule has 6 rings (SSSR count). The first-order valence-corrected chi connectivity index (χ1v) is 12.5. The Bertz CT molecular complexity index is 1060. The zero-order chi connectivity index (χ0) is 23.7. The maximum atomic E-state index is 11.3. The van der Waals surface area contributed by atoms with Crippen molar-refractivity contribution in [3.05, 3.63) is 59.3 Å². The van der Waals surface area contributed by atoms with Gasteiger partial charge in [0.15, 0.2) is 0 Å². The van der Waals surface area contributed by atoms with E-state index in [9.17, 15) is 10.2 Å². The molecule has 0 amide bonds. The van der Waals surface area contributed by atoms with Gasteiger partial charge in [0.25, 0.3) is 0 Å². The van der Waals surface area contributed by atoms with E-state index < -0.39 is 11.7 Å². The zero-order valence-corrected chi connectivity index (χ0v) is 20.2. The number of benzene rings is 1. The zero-order valence-electron chi connectivity index (χ0n) is 20.2. The normalized spacial score (nSPS) is 30.4. The summed E-state index contributed by atoms with van der Waals surface area (Å²) in [6.07, 6.45) is 1.99. The highest BCUT2D eigenvalue weighted by atomic mass is 16.5. The number of aromatic nitrogens is 1. The fourth-order valence-corrected chi connectivity index (χ4v) is 5.49. The van der Waals surface area contributed by atoms with Gasteiger partial charge in [-0.3, -0.25) is 4.90 Å². The number of nitrogens with zero attached hydrogens (tertiary/aromatic N) is 3. The van der Waals surface area contributed by atoms with Crippen molar-refractivity contribution in [2.45, 2.75) is 57.0 Å². The van der Waals surface area contributed by atoms with Crippen LogP contribution in [0, 0.1) is 17.8 Å². The molecule has 0 saturated carbocycles. The van der Waals surface area contributed by atoms with E-state index in [0.29, 0.717) is 26.1 Å². The lowest BCUT2D eigenvalue weighted by Crippen LogP contribution is -2.58. The molecule has 0 spiro atoms. The van der Waals surface area contributed by atoms with E-state index in [1.165, 1.54) is 5.56 Å². The van der Waals surface area contributed by atoms with Gasteiger partial charge in [-0.05, 0) is 57.5 Å². The van der Waals surface area contributed by atoms with Crippen molar-refractivity contribution >= 4 is 5.82 Å². The van der Waals surface area contributed by atoms with Gasteiger partial charge in [0.05, 0.1) is 17.9 Å². The van der Waals surface area contributed by atoms with Crippen LogP contribution in [0.4, 0.5) is 5.82 Å². The second-order valence-electron chi connectivity index (χ2n) is 10.2. The van der Waals surface area contributed by atoms with Crippen molar-refractivity contribution in [3.63, 3.8) is 0 Å².